The number of rotatable bonds is 2. The van der Waals surface area contributed by atoms with E-state index in [0.717, 1.165) is 37.2 Å². The molecule has 1 heterocycles. The van der Waals surface area contributed by atoms with Crippen molar-refractivity contribution in [1.82, 2.24) is 9.36 Å². The molecule has 1 aliphatic rings. The molecular weight excluding hydrogens is 251 g/mol. The van der Waals surface area contributed by atoms with Crippen molar-refractivity contribution < 1.29 is 13.2 Å². The summed E-state index contributed by atoms with van der Waals surface area (Å²) in [6, 6.07) is 0.242. The molecule has 0 radical (unpaired) electrons. The molecular formula is C10H14F3N3S. The van der Waals surface area contributed by atoms with Crippen LogP contribution in [0.1, 0.15) is 44.3 Å². The highest BCUT2D eigenvalue weighted by Crippen LogP contribution is 2.30. The minimum Gasteiger partial charge on any atom is -0.358 e. The first kappa shape index (κ1) is 12.6. The van der Waals surface area contributed by atoms with Gasteiger partial charge in [0.2, 0.25) is 11.0 Å². The van der Waals surface area contributed by atoms with E-state index in [1.54, 1.807) is 0 Å². The lowest BCUT2D eigenvalue weighted by molar-refractivity contribution is -0.144. The van der Waals surface area contributed by atoms with E-state index < -0.39 is 12.0 Å². The predicted molar refractivity (Wildman–Crippen MR) is 60.0 cm³/mol. The molecule has 96 valence electrons. The first-order chi connectivity index (χ1) is 8.05. The Balaban J connectivity index is 1.96. The third kappa shape index (κ3) is 3.55. The van der Waals surface area contributed by atoms with Crippen LogP contribution in [0.5, 0.6) is 0 Å². The fourth-order valence-corrected chi connectivity index (χ4v) is 2.66. The Kier molecular flexibility index (Phi) is 3.86. The van der Waals surface area contributed by atoms with Crippen LogP contribution in [0.15, 0.2) is 0 Å². The molecule has 1 saturated carbocycles. The van der Waals surface area contributed by atoms with Crippen LogP contribution in [0.25, 0.3) is 0 Å². The number of hydrogen-bond acceptors (Lipinski definition) is 4. The number of hydrogen-bond donors (Lipinski definition) is 1. The molecule has 1 fully saturated rings. The maximum atomic E-state index is 12.3. The summed E-state index contributed by atoms with van der Waals surface area (Å²) >= 11 is 0.785. The van der Waals surface area contributed by atoms with E-state index in [2.05, 4.69) is 14.7 Å². The van der Waals surface area contributed by atoms with Gasteiger partial charge in [0.05, 0.1) is 0 Å². The summed E-state index contributed by atoms with van der Waals surface area (Å²) in [4.78, 5) is 3.48. The smallest absolute Gasteiger partial charge is 0.358 e. The molecule has 0 amide bonds. The highest BCUT2D eigenvalue weighted by atomic mass is 32.1. The molecule has 17 heavy (non-hydrogen) atoms. The molecule has 0 atom stereocenters. The Hall–Kier alpha value is -0.850. The number of nitrogens with one attached hydrogen (secondary N) is 1. The van der Waals surface area contributed by atoms with E-state index in [4.69, 9.17) is 0 Å². The standard InChI is InChI=1S/C10H14F3N3S/c11-10(12,13)8-15-9(17-16-8)14-7-5-3-1-2-4-6-7/h7H,1-6H2,(H,14,15,16). The molecule has 0 aromatic carbocycles. The van der Waals surface area contributed by atoms with Crippen LogP contribution in [-0.4, -0.2) is 15.4 Å². The van der Waals surface area contributed by atoms with Crippen molar-refractivity contribution >= 4 is 16.7 Å². The summed E-state index contributed by atoms with van der Waals surface area (Å²) < 4.78 is 40.2. The van der Waals surface area contributed by atoms with Gasteiger partial charge in [-0.3, -0.25) is 0 Å². The van der Waals surface area contributed by atoms with Gasteiger partial charge in [-0.1, -0.05) is 25.7 Å². The second-order valence-corrected chi connectivity index (χ2v) is 5.01. The molecule has 1 aromatic rings. The SMILES string of the molecule is FC(F)(F)c1nsc(NC2CCCCCC2)n1. The van der Waals surface area contributed by atoms with E-state index in [1.807, 2.05) is 0 Å². The van der Waals surface area contributed by atoms with E-state index in [0.29, 0.717) is 0 Å². The highest BCUT2D eigenvalue weighted by molar-refractivity contribution is 7.09. The molecule has 0 aliphatic heterocycles. The van der Waals surface area contributed by atoms with Crippen molar-refractivity contribution in [3.63, 3.8) is 0 Å². The molecule has 7 heteroatoms. The van der Waals surface area contributed by atoms with E-state index in [-0.39, 0.29) is 11.2 Å². The van der Waals surface area contributed by atoms with Crippen LogP contribution in [0, 0.1) is 0 Å². The van der Waals surface area contributed by atoms with Crippen LogP contribution in [0.3, 0.4) is 0 Å². The average molecular weight is 265 g/mol. The molecule has 0 bridgehead atoms. The van der Waals surface area contributed by atoms with Gasteiger partial charge in [-0.15, -0.1) is 0 Å². The monoisotopic (exact) mass is 265 g/mol. The lowest BCUT2D eigenvalue weighted by Gasteiger charge is -2.14. The third-order valence-electron chi connectivity index (χ3n) is 2.86. The highest BCUT2D eigenvalue weighted by Gasteiger charge is 2.36. The predicted octanol–water partition coefficient (Wildman–Crippen LogP) is 3.69. The molecule has 0 saturated heterocycles. The van der Waals surface area contributed by atoms with Crippen LogP contribution in [-0.2, 0) is 6.18 Å². The molecule has 1 aromatic heterocycles. The summed E-state index contributed by atoms with van der Waals surface area (Å²) in [6.45, 7) is 0. The van der Waals surface area contributed by atoms with Gasteiger partial charge in [-0.25, -0.2) is 0 Å². The van der Waals surface area contributed by atoms with Crippen LogP contribution < -0.4 is 5.32 Å². The molecule has 3 nitrogen and oxygen atoms in total. The van der Waals surface area contributed by atoms with E-state index in [1.165, 1.54) is 12.8 Å². The van der Waals surface area contributed by atoms with Gasteiger partial charge in [-0.2, -0.15) is 22.5 Å². The lowest BCUT2D eigenvalue weighted by atomic mass is 10.1. The van der Waals surface area contributed by atoms with Gasteiger partial charge in [-0.05, 0) is 12.8 Å². The number of nitrogens with zero attached hydrogens (tertiary/aromatic N) is 2. The number of anilines is 1. The summed E-state index contributed by atoms with van der Waals surface area (Å²) in [5.41, 5.74) is 0. The lowest BCUT2D eigenvalue weighted by Crippen LogP contribution is -2.18. The summed E-state index contributed by atoms with van der Waals surface area (Å²) in [7, 11) is 0. The second kappa shape index (κ2) is 5.20. The molecule has 1 N–H and O–H groups in total. The minimum absolute atomic E-state index is 0.242. The van der Waals surface area contributed by atoms with Gasteiger partial charge in [0.25, 0.3) is 0 Å². The maximum Gasteiger partial charge on any atom is 0.452 e. The fourth-order valence-electron chi connectivity index (χ4n) is 2.00. The first-order valence-corrected chi connectivity index (χ1v) is 6.50. The van der Waals surface area contributed by atoms with Crippen molar-refractivity contribution in [2.24, 2.45) is 0 Å². The normalized spacial score (nSPS) is 19.0. The molecule has 0 unspecified atom stereocenters. The molecule has 2 rings (SSSR count). The second-order valence-electron chi connectivity index (χ2n) is 4.25. The van der Waals surface area contributed by atoms with E-state index >= 15 is 0 Å². The van der Waals surface area contributed by atoms with Crippen LogP contribution in [0.4, 0.5) is 18.3 Å². The maximum absolute atomic E-state index is 12.3. The van der Waals surface area contributed by atoms with Crippen molar-refractivity contribution in [3.05, 3.63) is 5.82 Å². The zero-order valence-electron chi connectivity index (χ0n) is 9.26. The number of halogens is 3. The minimum atomic E-state index is -4.44. The zero-order valence-corrected chi connectivity index (χ0v) is 10.1. The summed E-state index contributed by atoms with van der Waals surface area (Å²) in [6.07, 6.45) is 2.23. The largest absolute Gasteiger partial charge is 0.452 e. The van der Waals surface area contributed by atoms with Crippen molar-refractivity contribution in [2.45, 2.75) is 50.7 Å². The Morgan fingerprint density at radius 2 is 1.76 bits per heavy atom. The Morgan fingerprint density at radius 1 is 1.12 bits per heavy atom. The number of alkyl halides is 3. The summed E-state index contributed by atoms with van der Waals surface area (Å²) in [5.74, 6) is -1.04. The third-order valence-corrected chi connectivity index (χ3v) is 3.51. The van der Waals surface area contributed by atoms with Gasteiger partial charge >= 0.3 is 6.18 Å². The fraction of sp³-hybridized carbons (Fsp3) is 0.800. The Bertz CT molecular complexity index is 356. The molecule has 1 aliphatic carbocycles. The van der Waals surface area contributed by atoms with Gasteiger partial charge in [0, 0.05) is 17.6 Å². The van der Waals surface area contributed by atoms with Gasteiger partial charge in [0.1, 0.15) is 0 Å². The zero-order chi connectivity index (χ0) is 12.3. The van der Waals surface area contributed by atoms with Crippen molar-refractivity contribution in [3.8, 4) is 0 Å². The van der Waals surface area contributed by atoms with E-state index in [9.17, 15) is 13.2 Å². The number of aromatic nitrogens is 2. The topological polar surface area (TPSA) is 37.8 Å². The van der Waals surface area contributed by atoms with Crippen LogP contribution >= 0.6 is 11.5 Å². The van der Waals surface area contributed by atoms with Crippen LogP contribution in [0.2, 0.25) is 0 Å². The van der Waals surface area contributed by atoms with Gasteiger partial charge in [0.15, 0.2) is 0 Å². The first-order valence-electron chi connectivity index (χ1n) is 5.73. The quantitative estimate of drug-likeness (QED) is 0.829. The summed E-state index contributed by atoms with van der Waals surface area (Å²) in [5, 5.41) is 3.34. The Labute approximate surface area is 102 Å². The van der Waals surface area contributed by atoms with Gasteiger partial charge < -0.3 is 5.32 Å². The van der Waals surface area contributed by atoms with Crippen molar-refractivity contribution in [2.75, 3.05) is 5.32 Å². The Morgan fingerprint density at radius 3 is 2.29 bits per heavy atom. The molecule has 0 spiro atoms. The average Bonchev–Trinajstić information content (AvgIpc) is 2.56. The van der Waals surface area contributed by atoms with Crippen molar-refractivity contribution in [1.29, 1.82) is 0 Å².